The van der Waals surface area contributed by atoms with Gasteiger partial charge in [0, 0.05) is 14.2 Å². The van der Waals surface area contributed by atoms with Crippen molar-refractivity contribution in [2.24, 2.45) is 0 Å². The van der Waals surface area contributed by atoms with Gasteiger partial charge in [-0.1, -0.05) is 0 Å². The van der Waals surface area contributed by atoms with E-state index in [2.05, 4.69) is 0 Å². The van der Waals surface area contributed by atoms with Gasteiger partial charge in [0.15, 0.2) is 0 Å². The second-order valence-electron chi connectivity index (χ2n) is 3.45. The van der Waals surface area contributed by atoms with Crippen molar-refractivity contribution < 1.29 is 24.4 Å². The van der Waals surface area contributed by atoms with Crippen LogP contribution in [0.15, 0.2) is 0 Å². The first-order chi connectivity index (χ1) is 6.65. The highest BCUT2D eigenvalue weighted by Gasteiger charge is 2.43. The fraction of sp³-hybridized carbons (Fsp3) is 1.00. The van der Waals surface area contributed by atoms with Crippen molar-refractivity contribution in [1.29, 1.82) is 0 Å². The van der Waals surface area contributed by atoms with Gasteiger partial charge in [0.05, 0.1) is 12.7 Å². The summed E-state index contributed by atoms with van der Waals surface area (Å²) in [6.07, 6.45) is -2.42. The van der Waals surface area contributed by atoms with Gasteiger partial charge in [0.1, 0.15) is 24.4 Å². The molecule has 0 aromatic carbocycles. The molecule has 0 aliphatic carbocycles. The standard InChI is InChI=1S/C9H18O5/c1-5-7(11)9(13-3)8(12-2)6(4-10)14-5/h5-11H,4H2,1-3H3/t5-,6?,7?,8-,9+/m0/s1. The Labute approximate surface area is 83.6 Å². The summed E-state index contributed by atoms with van der Waals surface area (Å²) >= 11 is 0. The lowest BCUT2D eigenvalue weighted by Crippen LogP contribution is -2.59. The number of ether oxygens (including phenoxy) is 3. The lowest BCUT2D eigenvalue weighted by Gasteiger charge is -2.42. The maximum atomic E-state index is 9.74. The van der Waals surface area contributed by atoms with Gasteiger partial charge < -0.3 is 24.4 Å². The highest BCUT2D eigenvalue weighted by molar-refractivity contribution is 4.92. The second-order valence-corrected chi connectivity index (χ2v) is 3.45. The fourth-order valence-electron chi connectivity index (χ4n) is 1.81. The van der Waals surface area contributed by atoms with Gasteiger partial charge in [-0.25, -0.2) is 0 Å². The zero-order chi connectivity index (χ0) is 10.7. The van der Waals surface area contributed by atoms with Gasteiger partial charge in [-0.3, -0.25) is 0 Å². The minimum Gasteiger partial charge on any atom is -0.394 e. The molecular weight excluding hydrogens is 188 g/mol. The van der Waals surface area contributed by atoms with Crippen LogP contribution in [-0.4, -0.2) is 61.6 Å². The predicted octanol–water partition coefficient (Wildman–Crippen LogP) is -0.843. The Morgan fingerprint density at radius 2 is 1.79 bits per heavy atom. The summed E-state index contributed by atoms with van der Waals surface area (Å²) in [6.45, 7) is 1.60. The molecule has 1 fully saturated rings. The topological polar surface area (TPSA) is 68.2 Å². The molecule has 84 valence electrons. The van der Waals surface area contributed by atoms with E-state index < -0.39 is 24.4 Å². The van der Waals surface area contributed by atoms with Crippen LogP contribution in [0.5, 0.6) is 0 Å². The van der Waals surface area contributed by atoms with Gasteiger partial charge in [0.2, 0.25) is 0 Å². The molecule has 0 amide bonds. The van der Waals surface area contributed by atoms with Gasteiger partial charge in [0.25, 0.3) is 0 Å². The Balaban J connectivity index is 2.75. The van der Waals surface area contributed by atoms with Crippen LogP contribution in [0.4, 0.5) is 0 Å². The molecule has 1 aliphatic rings. The summed E-state index contributed by atoms with van der Waals surface area (Å²) in [4.78, 5) is 0. The van der Waals surface area contributed by atoms with Crippen molar-refractivity contribution in [2.45, 2.75) is 37.4 Å². The van der Waals surface area contributed by atoms with Crippen LogP contribution in [0.1, 0.15) is 6.92 Å². The molecule has 1 saturated heterocycles. The van der Waals surface area contributed by atoms with Crippen LogP contribution in [0.3, 0.4) is 0 Å². The van der Waals surface area contributed by atoms with E-state index in [9.17, 15) is 5.11 Å². The highest BCUT2D eigenvalue weighted by Crippen LogP contribution is 2.24. The van der Waals surface area contributed by atoms with Crippen molar-refractivity contribution >= 4 is 0 Å². The molecule has 14 heavy (non-hydrogen) atoms. The molecule has 0 aromatic heterocycles. The zero-order valence-corrected chi connectivity index (χ0v) is 8.71. The fourth-order valence-corrected chi connectivity index (χ4v) is 1.81. The zero-order valence-electron chi connectivity index (χ0n) is 8.71. The average molecular weight is 206 g/mol. The van der Waals surface area contributed by atoms with E-state index in [0.29, 0.717) is 0 Å². The molecule has 5 atom stereocenters. The van der Waals surface area contributed by atoms with E-state index in [1.54, 1.807) is 6.92 Å². The Kier molecular flexibility index (Phi) is 4.28. The largest absolute Gasteiger partial charge is 0.394 e. The van der Waals surface area contributed by atoms with E-state index >= 15 is 0 Å². The second kappa shape index (κ2) is 5.04. The van der Waals surface area contributed by atoms with Crippen LogP contribution in [0.25, 0.3) is 0 Å². The summed E-state index contributed by atoms with van der Waals surface area (Å²) in [5, 5.41) is 18.8. The summed E-state index contributed by atoms with van der Waals surface area (Å²) < 4.78 is 15.7. The van der Waals surface area contributed by atoms with E-state index in [-0.39, 0.29) is 12.7 Å². The lowest BCUT2D eigenvalue weighted by molar-refractivity contribution is -0.237. The first kappa shape index (κ1) is 11.9. The molecule has 5 heteroatoms. The normalized spacial score (nSPS) is 43.9. The van der Waals surface area contributed by atoms with Gasteiger partial charge in [-0.2, -0.15) is 0 Å². The van der Waals surface area contributed by atoms with Crippen LogP contribution in [0, 0.1) is 0 Å². The minimum atomic E-state index is -0.729. The van der Waals surface area contributed by atoms with Crippen LogP contribution >= 0.6 is 0 Å². The van der Waals surface area contributed by atoms with E-state index in [1.807, 2.05) is 0 Å². The number of aliphatic hydroxyl groups excluding tert-OH is 2. The molecule has 0 spiro atoms. The Morgan fingerprint density at radius 3 is 2.21 bits per heavy atom. The molecule has 0 bridgehead atoms. The molecule has 0 saturated carbocycles. The summed E-state index contributed by atoms with van der Waals surface area (Å²) in [5.74, 6) is 0. The molecule has 0 aromatic rings. The third-order valence-corrected chi connectivity index (χ3v) is 2.62. The molecule has 1 aliphatic heterocycles. The molecule has 0 radical (unpaired) electrons. The van der Waals surface area contributed by atoms with Crippen molar-refractivity contribution in [3.63, 3.8) is 0 Å². The smallest absolute Gasteiger partial charge is 0.114 e. The van der Waals surface area contributed by atoms with E-state index in [4.69, 9.17) is 19.3 Å². The molecule has 1 heterocycles. The van der Waals surface area contributed by atoms with Crippen molar-refractivity contribution in [3.05, 3.63) is 0 Å². The Bertz CT molecular complexity index is 171. The van der Waals surface area contributed by atoms with E-state index in [1.165, 1.54) is 14.2 Å². The maximum Gasteiger partial charge on any atom is 0.114 e. The maximum absolute atomic E-state index is 9.74. The first-order valence-corrected chi connectivity index (χ1v) is 4.65. The Hall–Kier alpha value is -0.200. The van der Waals surface area contributed by atoms with Crippen molar-refractivity contribution in [1.82, 2.24) is 0 Å². The van der Waals surface area contributed by atoms with Crippen LogP contribution in [0.2, 0.25) is 0 Å². The number of aliphatic hydroxyl groups is 2. The SMILES string of the molecule is CO[C@@H]1C(O)[C@H](C)OC(CO)[C@@H]1OC. The molecule has 2 N–H and O–H groups in total. The molecule has 5 nitrogen and oxygen atoms in total. The van der Waals surface area contributed by atoms with Crippen molar-refractivity contribution in [2.75, 3.05) is 20.8 Å². The van der Waals surface area contributed by atoms with Gasteiger partial charge in [-0.05, 0) is 6.92 Å². The van der Waals surface area contributed by atoms with Crippen LogP contribution in [-0.2, 0) is 14.2 Å². The van der Waals surface area contributed by atoms with Crippen LogP contribution < -0.4 is 0 Å². The third kappa shape index (κ3) is 2.07. The summed E-state index contributed by atoms with van der Waals surface area (Å²) in [5.41, 5.74) is 0. The molecule has 2 unspecified atom stereocenters. The van der Waals surface area contributed by atoms with Crippen molar-refractivity contribution in [3.8, 4) is 0 Å². The number of methoxy groups -OCH3 is 2. The Morgan fingerprint density at radius 1 is 1.21 bits per heavy atom. The molecule has 1 rings (SSSR count). The predicted molar refractivity (Wildman–Crippen MR) is 49.0 cm³/mol. The molecular formula is C9H18O5. The highest BCUT2D eigenvalue weighted by atomic mass is 16.6. The number of hydrogen-bond donors (Lipinski definition) is 2. The number of hydrogen-bond acceptors (Lipinski definition) is 5. The summed E-state index contributed by atoms with van der Waals surface area (Å²) in [7, 11) is 3.01. The monoisotopic (exact) mass is 206 g/mol. The average Bonchev–Trinajstić information content (AvgIpc) is 2.20. The minimum absolute atomic E-state index is 0.143. The van der Waals surface area contributed by atoms with Gasteiger partial charge in [-0.15, -0.1) is 0 Å². The lowest BCUT2D eigenvalue weighted by atomic mass is 9.95. The van der Waals surface area contributed by atoms with E-state index in [0.717, 1.165) is 0 Å². The number of rotatable bonds is 3. The third-order valence-electron chi connectivity index (χ3n) is 2.62. The quantitative estimate of drug-likeness (QED) is 0.630. The summed E-state index contributed by atoms with van der Waals surface area (Å²) in [6, 6.07) is 0. The van der Waals surface area contributed by atoms with Gasteiger partial charge >= 0.3 is 0 Å². The first-order valence-electron chi connectivity index (χ1n) is 4.65.